The van der Waals surface area contributed by atoms with Crippen molar-refractivity contribution in [3.05, 3.63) is 56.8 Å². The lowest BCUT2D eigenvalue weighted by Gasteiger charge is -2.32. The Hall–Kier alpha value is -1.65. The number of carboxylic acid groups (broad SMARTS) is 1. The van der Waals surface area contributed by atoms with Crippen LogP contribution in [-0.4, -0.2) is 28.6 Å². The number of rotatable bonds is 4. The standard InChI is InChI=1S/C19H23NO2S/c1-12-6-7-14(3)15(9-12)18(17-10-13(2)11-23-17)20-8-4-5-16(20)19(21)22/h6-7,9-11,16,18H,4-5,8H2,1-3H3,(H,21,22). The lowest BCUT2D eigenvalue weighted by Crippen LogP contribution is -2.39. The number of benzene rings is 1. The average molecular weight is 329 g/mol. The van der Waals surface area contributed by atoms with Gasteiger partial charge in [0.25, 0.3) is 0 Å². The average Bonchev–Trinajstić information content (AvgIpc) is 3.13. The summed E-state index contributed by atoms with van der Waals surface area (Å²) in [6, 6.07) is 8.33. The minimum Gasteiger partial charge on any atom is -0.480 e. The van der Waals surface area contributed by atoms with E-state index in [0.29, 0.717) is 0 Å². The molecule has 3 rings (SSSR count). The van der Waals surface area contributed by atoms with Gasteiger partial charge in [-0.3, -0.25) is 9.69 Å². The second-order valence-corrected chi connectivity index (χ2v) is 7.47. The highest BCUT2D eigenvalue weighted by Gasteiger charge is 2.37. The van der Waals surface area contributed by atoms with Crippen molar-refractivity contribution in [1.29, 1.82) is 0 Å². The Morgan fingerprint density at radius 1 is 1.26 bits per heavy atom. The monoisotopic (exact) mass is 329 g/mol. The number of thiophene rings is 1. The summed E-state index contributed by atoms with van der Waals surface area (Å²) in [5.74, 6) is -0.703. The molecule has 2 heterocycles. The van der Waals surface area contributed by atoms with Crippen molar-refractivity contribution < 1.29 is 9.90 Å². The van der Waals surface area contributed by atoms with Crippen LogP contribution in [0.25, 0.3) is 0 Å². The van der Waals surface area contributed by atoms with Gasteiger partial charge in [0.15, 0.2) is 0 Å². The summed E-state index contributed by atoms with van der Waals surface area (Å²) in [5.41, 5.74) is 4.92. The Balaban J connectivity index is 2.11. The van der Waals surface area contributed by atoms with Crippen LogP contribution in [0.4, 0.5) is 0 Å². The Morgan fingerprint density at radius 3 is 2.70 bits per heavy atom. The van der Waals surface area contributed by atoms with Gasteiger partial charge in [0.2, 0.25) is 0 Å². The fraction of sp³-hybridized carbons (Fsp3) is 0.421. The Labute approximate surface area is 141 Å². The minimum absolute atomic E-state index is 0.0391. The second-order valence-electron chi connectivity index (χ2n) is 6.52. The molecule has 122 valence electrons. The lowest BCUT2D eigenvalue weighted by molar-refractivity contribution is -0.142. The number of carboxylic acids is 1. The summed E-state index contributed by atoms with van der Waals surface area (Å²) in [4.78, 5) is 15.1. The molecule has 0 spiro atoms. The van der Waals surface area contributed by atoms with Gasteiger partial charge in [-0.2, -0.15) is 0 Å². The molecule has 0 amide bonds. The Bertz CT molecular complexity index is 722. The molecular formula is C19H23NO2S. The van der Waals surface area contributed by atoms with E-state index in [0.717, 1.165) is 19.4 Å². The van der Waals surface area contributed by atoms with E-state index in [1.54, 1.807) is 11.3 Å². The van der Waals surface area contributed by atoms with E-state index in [9.17, 15) is 9.90 Å². The summed E-state index contributed by atoms with van der Waals surface area (Å²) in [6.07, 6.45) is 1.68. The first-order valence-corrected chi connectivity index (χ1v) is 8.96. The molecule has 1 aromatic heterocycles. The summed E-state index contributed by atoms with van der Waals surface area (Å²) in [5, 5.41) is 11.8. The van der Waals surface area contributed by atoms with E-state index in [-0.39, 0.29) is 12.1 Å². The molecule has 0 bridgehead atoms. The topological polar surface area (TPSA) is 40.5 Å². The van der Waals surface area contributed by atoms with Gasteiger partial charge in [0.1, 0.15) is 6.04 Å². The van der Waals surface area contributed by atoms with Crippen LogP contribution in [-0.2, 0) is 4.79 Å². The van der Waals surface area contributed by atoms with Gasteiger partial charge in [0.05, 0.1) is 6.04 Å². The molecule has 2 atom stereocenters. The number of aliphatic carboxylic acids is 1. The van der Waals surface area contributed by atoms with Crippen LogP contribution >= 0.6 is 11.3 Å². The fourth-order valence-electron chi connectivity index (χ4n) is 3.51. The quantitative estimate of drug-likeness (QED) is 0.908. The summed E-state index contributed by atoms with van der Waals surface area (Å²) < 4.78 is 0. The van der Waals surface area contributed by atoms with Gasteiger partial charge < -0.3 is 5.11 Å². The Kier molecular flexibility index (Phi) is 4.55. The molecule has 1 N–H and O–H groups in total. The third-order valence-electron chi connectivity index (χ3n) is 4.66. The van der Waals surface area contributed by atoms with Crippen molar-refractivity contribution in [3.63, 3.8) is 0 Å². The SMILES string of the molecule is Cc1csc(C(c2cc(C)ccc2C)N2CCCC2C(=O)O)c1. The van der Waals surface area contributed by atoms with Gasteiger partial charge in [-0.15, -0.1) is 11.3 Å². The maximum absolute atomic E-state index is 11.7. The maximum Gasteiger partial charge on any atom is 0.320 e. The summed E-state index contributed by atoms with van der Waals surface area (Å²) in [7, 11) is 0. The van der Waals surface area contributed by atoms with Crippen molar-refractivity contribution in [3.8, 4) is 0 Å². The van der Waals surface area contributed by atoms with Gasteiger partial charge in [-0.05, 0) is 61.7 Å². The van der Waals surface area contributed by atoms with Gasteiger partial charge in [-0.1, -0.05) is 23.8 Å². The zero-order valence-electron chi connectivity index (χ0n) is 13.9. The molecule has 1 fully saturated rings. The van der Waals surface area contributed by atoms with Crippen LogP contribution in [0.1, 0.15) is 46.0 Å². The lowest BCUT2D eigenvalue weighted by atomic mass is 9.95. The maximum atomic E-state index is 11.7. The van der Waals surface area contributed by atoms with E-state index in [2.05, 4.69) is 55.3 Å². The van der Waals surface area contributed by atoms with E-state index in [4.69, 9.17) is 0 Å². The fourth-order valence-corrected chi connectivity index (χ4v) is 4.55. The first-order chi connectivity index (χ1) is 11.0. The molecular weight excluding hydrogens is 306 g/mol. The molecule has 0 radical (unpaired) electrons. The molecule has 1 saturated heterocycles. The highest BCUT2D eigenvalue weighted by atomic mass is 32.1. The number of hydrogen-bond acceptors (Lipinski definition) is 3. The molecule has 2 aromatic rings. The Morgan fingerprint density at radius 2 is 2.04 bits per heavy atom. The third kappa shape index (κ3) is 3.19. The van der Waals surface area contributed by atoms with Crippen LogP contribution in [0.2, 0.25) is 0 Å². The number of hydrogen-bond donors (Lipinski definition) is 1. The predicted octanol–water partition coefficient (Wildman–Crippen LogP) is 4.31. The van der Waals surface area contributed by atoms with Gasteiger partial charge in [-0.25, -0.2) is 0 Å². The smallest absolute Gasteiger partial charge is 0.320 e. The van der Waals surface area contributed by atoms with Crippen molar-refractivity contribution in [2.75, 3.05) is 6.54 Å². The third-order valence-corrected chi connectivity index (χ3v) is 5.76. The molecule has 1 aromatic carbocycles. The molecule has 1 aliphatic rings. The minimum atomic E-state index is -0.703. The zero-order valence-corrected chi connectivity index (χ0v) is 14.7. The van der Waals surface area contributed by atoms with E-state index in [1.165, 1.54) is 27.1 Å². The van der Waals surface area contributed by atoms with Gasteiger partial charge in [0, 0.05) is 11.4 Å². The first kappa shape index (κ1) is 16.2. The summed E-state index contributed by atoms with van der Waals surface area (Å²) >= 11 is 1.73. The molecule has 3 nitrogen and oxygen atoms in total. The summed E-state index contributed by atoms with van der Waals surface area (Å²) in [6.45, 7) is 7.15. The van der Waals surface area contributed by atoms with Crippen molar-refractivity contribution in [2.24, 2.45) is 0 Å². The van der Waals surface area contributed by atoms with Crippen LogP contribution in [0.3, 0.4) is 0 Å². The van der Waals surface area contributed by atoms with E-state index in [1.807, 2.05) is 0 Å². The number of aryl methyl sites for hydroxylation is 3. The van der Waals surface area contributed by atoms with E-state index >= 15 is 0 Å². The molecule has 0 aliphatic carbocycles. The van der Waals surface area contributed by atoms with E-state index < -0.39 is 5.97 Å². The first-order valence-electron chi connectivity index (χ1n) is 8.08. The van der Waals surface area contributed by atoms with Crippen LogP contribution in [0.5, 0.6) is 0 Å². The number of likely N-dealkylation sites (tertiary alicyclic amines) is 1. The second kappa shape index (κ2) is 6.46. The molecule has 1 aliphatic heterocycles. The zero-order chi connectivity index (χ0) is 16.6. The largest absolute Gasteiger partial charge is 0.480 e. The normalized spacial score (nSPS) is 19.9. The van der Waals surface area contributed by atoms with Crippen molar-refractivity contribution in [2.45, 2.75) is 45.7 Å². The number of carbonyl (C=O) groups is 1. The molecule has 2 unspecified atom stereocenters. The van der Waals surface area contributed by atoms with Crippen LogP contribution < -0.4 is 0 Å². The highest BCUT2D eigenvalue weighted by molar-refractivity contribution is 7.10. The van der Waals surface area contributed by atoms with Crippen molar-refractivity contribution in [1.82, 2.24) is 4.90 Å². The highest BCUT2D eigenvalue weighted by Crippen LogP contribution is 2.39. The predicted molar refractivity (Wildman–Crippen MR) is 94.2 cm³/mol. The molecule has 4 heteroatoms. The van der Waals surface area contributed by atoms with Crippen molar-refractivity contribution >= 4 is 17.3 Å². The molecule has 0 saturated carbocycles. The molecule has 23 heavy (non-hydrogen) atoms. The van der Waals surface area contributed by atoms with Crippen LogP contribution in [0, 0.1) is 20.8 Å². The van der Waals surface area contributed by atoms with Crippen LogP contribution in [0.15, 0.2) is 29.6 Å². The number of nitrogens with zero attached hydrogens (tertiary/aromatic N) is 1. The van der Waals surface area contributed by atoms with Gasteiger partial charge >= 0.3 is 5.97 Å².